The number of pyridine rings is 1. The summed E-state index contributed by atoms with van der Waals surface area (Å²) in [6, 6.07) is 12.7. The minimum Gasteiger partial charge on any atom is -0.379 e. The standard InChI is InChI=1S/C22H16F4N4O/c23-13-4-6-16-17(21(31)30-20(16)9-13)12-28-14-5-7-19(18(10-14)22(24,25)26)29-11-15-3-1-2-8-27-15/h1-10,12,28-29H,11H2,(H,30,31). The second kappa shape index (κ2) is 8.10. The van der Waals surface area contributed by atoms with Crippen molar-refractivity contribution in [2.45, 2.75) is 12.7 Å². The van der Waals surface area contributed by atoms with E-state index in [0.717, 1.165) is 6.07 Å². The van der Waals surface area contributed by atoms with Crippen LogP contribution in [0.4, 0.5) is 34.6 Å². The molecule has 1 aromatic heterocycles. The summed E-state index contributed by atoms with van der Waals surface area (Å²) in [6.07, 6.45) is -1.73. The van der Waals surface area contributed by atoms with Gasteiger partial charge in [0.05, 0.1) is 29.1 Å². The molecule has 158 valence electrons. The molecular formula is C22H16F4N4O. The highest BCUT2D eigenvalue weighted by atomic mass is 19.4. The quantitative estimate of drug-likeness (QED) is 0.383. The van der Waals surface area contributed by atoms with E-state index in [1.807, 2.05) is 0 Å². The van der Waals surface area contributed by atoms with Crippen molar-refractivity contribution in [3.05, 3.63) is 89.6 Å². The number of alkyl halides is 3. The molecule has 0 bridgehead atoms. The molecule has 2 heterocycles. The van der Waals surface area contributed by atoms with Crippen LogP contribution in [0.25, 0.3) is 5.57 Å². The lowest BCUT2D eigenvalue weighted by Gasteiger charge is -2.16. The highest BCUT2D eigenvalue weighted by Crippen LogP contribution is 2.37. The lowest BCUT2D eigenvalue weighted by Crippen LogP contribution is -2.12. The number of carbonyl (C=O) groups excluding carboxylic acids is 1. The number of aromatic nitrogens is 1. The van der Waals surface area contributed by atoms with Gasteiger partial charge in [-0.15, -0.1) is 0 Å². The number of nitrogens with one attached hydrogen (secondary N) is 3. The molecule has 0 saturated carbocycles. The third-order valence-corrected chi connectivity index (χ3v) is 4.66. The van der Waals surface area contributed by atoms with Crippen molar-refractivity contribution >= 4 is 28.5 Å². The van der Waals surface area contributed by atoms with Gasteiger partial charge in [-0.05, 0) is 48.5 Å². The van der Waals surface area contributed by atoms with Crippen molar-refractivity contribution in [3.63, 3.8) is 0 Å². The predicted molar refractivity (Wildman–Crippen MR) is 110 cm³/mol. The lowest BCUT2D eigenvalue weighted by atomic mass is 10.1. The Morgan fingerprint density at radius 2 is 1.90 bits per heavy atom. The average molecular weight is 428 g/mol. The molecule has 1 aliphatic heterocycles. The Bertz CT molecular complexity index is 1160. The first-order valence-corrected chi connectivity index (χ1v) is 9.24. The van der Waals surface area contributed by atoms with Crippen LogP contribution < -0.4 is 16.0 Å². The van der Waals surface area contributed by atoms with Crippen LogP contribution in [-0.4, -0.2) is 10.9 Å². The average Bonchev–Trinajstić information content (AvgIpc) is 3.05. The number of benzene rings is 2. The van der Waals surface area contributed by atoms with Crippen LogP contribution >= 0.6 is 0 Å². The monoisotopic (exact) mass is 428 g/mol. The summed E-state index contributed by atoms with van der Waals surface area (Å²) in [7, 11) is 0. The molecule has 0 fully saturated rings. The summed E-state index contributed by atoms with van der Waals surface area (Å²) in [5, 5.41) is 8.01. The topological polar surface area (TPSA) is 66.1 Å². The molecule has 5 nitrogen and oxygen atoms in total. The maximum atomic E-state index is 13.6. The zero-order chi connectivity index (χ0) is 22.0. The van der Waals surface area contributed by atoms with E-state index in [-0.39, 0.29) is 23.5 Å². The van der Waals surface area contributed by atoms with Gasteiger partial charge >= 0.3 is 6.18 Å². The molecule has 4 rings (SSSR count). The van der Waals surface area contributed by atoms with E-state index >= 15 is 0 Å². The van der Waals surface area contributed by atoms with Crippen molar-refractivity contribution in [1.82, 2.24) is 4.98 Å². The fourth-order valence-corrected chi connectivity index (χ4v) is 3.18. The van der Waals surface area contributed by atoms with Crippen molar-refractivity contribution in [2.75, 3.05) is 16.0 Å². The van der Waals surface area contributed by atoms with E-state index in [0.29, 0.717) is 16.9 Å². The van der Waals surface area contributed by atoms with Gasteiger partial charge in [-0.3, -0.25) is 9.78 Å². The van der Waals surface area contributed by atoms with Crippen LogP contribution in [0.5, 0.6) is 0 Å². The number of nitrogens with zero attached hydrogens (tertiary/aromatic N) is 1. The third-order valence-electron chi connectivity index (χ3n) is 4.66. The molecule has 31 heavy (non-hydrogen) atoms. The number of amides is 1. The third kappa shape index (κ3) is 4.50. The Balaban J connectivity index is 1.57. The minimum atomic E-state index is -4.59. The van der Waals surface area contributed by atoms with E-state index in [1.165, 1.54) is 36.5 Å². The lowest BCUT2D eigenvalue weighted by molar-refractivity contribution is -0.136. The number of hydrogen-bond acceptors (Lipinski definition) is 4. The zero-order valence-corrected chi connectivity index (χ0v) is 15.9. The van der Waals surface area contributed by atoms with Crippen LogP contribution in [0, 0.1) is 5.82 Å². The molecule has 0 unspecified atom stereocenters. The highest BCUT2D eigenvalue weighted by molar-refractivity contribution is 6.31. The fourth-order valence-electron chi connectivity index (χ4n) is 3.18. The highest BCUT2D eigenvalue weighted by Gasteiger charge is 2.34. The van der Waals surface area contributed by atoms with Gasteiger partial charge in [0.1, 0.15) is 5.82 Å². The Morgan fingerprint density at radius 1 is 1.06 bits per heavy atom. The van der Waals surface area contributed by atoms with Gasteiger partial charge in [-0.1, -0.05) is 6.07 Å². The summed E-state index contributed by atoms with van der Waals surface area (Å²) in [5.41, 5.74) is 0.769. The summed E-state index contributed by atoms with van der Waals surface area (Å²) < 4.78 is 54.1. The van der Waals surface area contributed by atoms with Crippen LogP contribution in [0.2, 0.25) is 0 Å². The molecule has 3 N–H and O–H groups in total. The Morgan fingerprint density at radius 3 is 2.65 bits per heavy atom. The second-order valence-electron chi connectivity index (χ2n) is 6.78. The van der Waals surface area contributed by atoms with Gasteiger partial charge in [0.25, 0.3) is 5.91 Å². The molecule has 0 saturated heterocycles. The molecule has 2 aromatic carbocycles. The number of halogens is 4. The van der Waals surface area contributed by atoms with E-state index in [1.54, 1.807) is 24.4 Å². The minimum absolute atomic E-state index is 0.0872. The summed E-state index contributed by atoms with van der Waals surface area (Å²) in [6.45, 7) is 0.133. The van der Waals surface area contributed by atoms with E-state index in [4.69, 9.17) is 0 Å². The van der Waals surface area contributed by atoms with Gasteiger partial charge < -0.3 is 16.0 Å². The van der Waals surface area contributed by atoms with Crippen molar-refractivity contribution in [3.8, 4) is 0 Å². The van der Waals surface area contributed by atoms with E-state index in [2.05, 4.69) is 20.9 Å². The molecular weight excluding hydrogens is 412 g/mol. The summed E-state index contributed by atoms with van der Waals surface area (Å²) in [4.78, 5) is 16.2. The molecule has 3 aromatic rings. The van der Waals surface area contributed by atoms with Crippen molar-refractivity contribution in [2.24, 2.45) is 0 Å². The first-order chi connectivity index (χ1) is 14.8. The normalized spacial score (nSPS) is 14.3. The SMILES string of the molecule is O=C1Nc2cc(F)ccc2C1=CNc1ccc(NCc2ccccn2)c(C(F)(F)F)c1. The number of hydrogen-bond donors (Lipinski definition) is 3. The Hall–Kier alpha value is -3.88. The maximum Gasteiger partial charge on any atom is 0.418 e. The molecule has 0 aliphatic carbocycles. The van der Waals surface area contributed by atoms with Gasteiger partial charge in [-0.2, -0.15) is 13.2 Å². The largest absolute Gasteiger partial charge is 0.418 e. The summed E-state index contributed by atoms with van der Waals surface area (Å²) in [5.74, 6) is -0.977. The molecule has 0 atom stereocenters. The van der Waals surface area contributed by atoms with E-state index in [9.17, 15) is 22.4 Å². The van der Waals surface area contributed by atoms with Crippen LogP contribution in [0.15, 0.2) is 67.0 Å². The zero-order valence-electron chi connectivity index (χ0n) is 15.9. The van der Waals surface area contributed by atoms with Crippen LogP contribution in [0.3, 0.4) is 0 Å². The molecule has 0 radical (unpaired) electrons. The van der Waals surface area contributed by atoms with Crippen LogP contribution in [-0.2, 0) is 17.5 Å². The second-order valence-corrected chi connectivity index (χ2v) is 6.78. The van der Waals surface area contributed by atoms with Gasteiger partial charge in [0.15, 0.2) is 0 Å². The molecule has 9 heteroatoms. The van der Waals surface area contributed by atoms with Crippen molar-refractivity contribution < 1.29 is 22.4 Å². The Labute approximate surface area is 174 Å². The predicted octanol–water partition coefficient (Wildman–Crippen LogP) is 5.26. The smallest absolute Gasteiger partial charge is 0.379 e. The first-order valence-electron chi connectivity index (χ1n) is 9.24. The summed E-state index contributed by atoms with van der Waals surface area (Å²) >= 11 is 0. The van der Waals surface area contributed by atoms with Gasteiger partial charge in [-0.25, -0.2) is 4.39 Å². The molecule has 1 amide bonds. The van der Waals surface area contributed by atoms with Crippen molar-refractivity contribution in [1.29, 1.82) is 0 Å². The number of rotatable bonds is 5. The number of carbonyl (C=O) groups is 1. The maximum absolute atomic E-state index is 13.6. The molecule has 0 spiro atoms. The van der Waals surface area contributed by atoms with Gasteiger partial charge in [0, 0.05) is 29.3 Å². The Kier molecular flexibility index (Phi) is 5.33. The van der Waals surface area contributed by atoms with Gasteiger partial charge in [0.2, 0.25) is 0 Å². The van der Waals surface area contributed by atoms with Crippen LogP contribution in [0.1, 0.15) is 16.8 Å². The van der Waals surface area contributed by atoms with E-state index < -0.39 is 23.5 Å². The number of anilines is 3. The first kappa shape index (κ1) is 20.4. The molecule has 1 aliphatic rings. The fraction of sp³-hybridized carbons (Fsp3) is 0.0909. The number of fused-ring (bicyclic) bond motifs is 1.